The number of benzene rings is 1. The first-order chi connectivity index (χ1) is 9.74. The highest BCUT2D eigenvalue weighted by atomic mass is 32.1. The average molecular weight is 295 g/mol. The van der Waals surface area contributed by atoms with E-state index in [0.717, 1.165) is 17.3 Å². The molecule has 108 valence electrons. The van der Waals surface area contributed by atoms with Gasteiger partial charge >= 0.3 is 0 Å². The molecule has 0 aliphatic heterocycles. The van der Waals surface area contributed by atoms with Crippen LogP contribution in [0.25, 0.3) is 0 Å². The summed E-state index contributed by atoms with van der Waals surface area (Å²) >= 11 is 5.17. The Hall–Kier alpha value is -1.86. The van der Waals surface area contributed by atoms with Crippen molar-refractivity contribution in [3.8, 4) is 11.5 Å². The molecule has 1 heterocycles. The summed E-state index contributed by atoms with van der Waals surface area (Å²) in [6.07, 6.45) is 0. The first kappa shape index (κ1) is 14.5. The molecule has 0 saturated heterocycles. The van der Waals surface area contributed by atoms with Crippen molar-refractivity contribution in [1.82, 2.24) is 14.8 Å². The maximum atomic E-state index is 5.70. The zero-order valence-corrected chi connectivity index (χ0v) is 12.3. The highest BCUT2D eigenvalue weighted by Crippen LogP contribution is 2.19. The topological polar surface area (TPSA) is 61.3 Å². The molecule has 2 aromatic rings. The Bertz CT molecular complexity index is 609. The second-order valence-electron chi connectivity index (χ2n) is 4.06. The highest BCUT2D eigenvalue weighted by Gasteiger charge is 2.07. The lowest BCUT2D eigenvalue weighted by atomic mass is 10.3. The SMILES string of the molecule is COCCn1c(COc2cccc(OC)c2)n[nH]c1=S. The summed E-state index contributed by atoms with van der Waals surface area (Å²) in [7, 11) is 3.27. The average Bonchev–Trinajstić information content (AvgIpc) is 2.83. The Morgan fingerprint density at radius 2 is 2.10 bits per heavy atom. The number of nitrogens with one attached hydrogen (secondary N) is 1. The molecule has 0 saturated carbocycles. The first-order valence-corrected chi connectivity index (χ1v) is 6.55. The molecule has 20 heavy (non-hydrogen) atoms. The van der Waals surface area contributed by atoms with E-state index in [2.05, 4.69) is 10.2 Å². The summed E-state index contributed by atoms with van der Waals surface area (Å²) in [4.78, 5) is 0. The van der Waals surface area contributed by atoms with Gasteiger partial charge in [0.25, 0.3) is 0 Å². The Balaban J connectivity index is 2.05. The minimum Gasteiger partial charge on any atom is -0.497 e. The second kappa shape index (κ2) is 7.06. The fourth-order valence-corrected chi connectivity index (χ4v) is 1.95. The quantitative estimate of drug-likeness (QED) is 0.793. The standard InChI is InChI=1S/C13H17N3O3S/c1-17-7-6-16-12(14-15-13(16)20)9-19-11-5-3-4-10(8-11)18-2/h3-5,8H,6-7,9H2,1-2H3,(H,15,20). The molecule has 1 N–H and O–H groups in total. The predicted molar refractivity (Wildman–Crippen MR) is 76.6 cm³/mol. The number of aromatic amines is 1. The molecule has 2 rings (SSSR count). The smallest absolute Gasteiger partial charge is 0.195 e. The summed E-state index contributed by atoms with van der Waals surface area (Å²) in [6, 6.07) is 7.42. The third-order valence-electron chi connectivity index (χ3n) is 2.77. The molecule has 0 fully saturated rings. The van der Waals surface area contributed by atoms with Crippen LogP contribution >= 0.6 is 12.2 Å². The lowest BCUT2D eigenvalue weighted by Crippen LogP contribution is -2.10. The summed E-state index contributed by atoms with van der Waals surface area (Å²) in [5.41, 5.74) is 0. The lowest BCUT2D eigenvalue weighted by molar-refractivity contribution is 0.183. The highest BCUT2D eigenvalue weighted by molar-refractivity contribution is 7.71. The molecule has 6 nitrogen and oxygen atoms in total. The molecule has 0 spiro atoms. The van der Waals surface area contributed by atoms with Crippen molar-refractivity contribution in [3.05, 3.63) is 34.9 Å². The van der Waals surface area contributed by atoms with Crippen LogP contribution in [0, 0.1) is 4.77 Å². The fourth-order valence-electron chi connectivity index (χ4n) is 1.71. The van der Waals surface area contributed by atoms with Gasteiger partial charge in [0.1, 0.15) is 18.1 Å². The maximum Gasteiger partial charge on any atom is 0.195 e. The first-order valence-electron chi connectivity index (χ1n) is 6.14. The van der Waals surface area contributed by atoms with Gasteiger partial charge in [-0.1, -0.05) is 6.07 Å². The zero-order valence-electron chi connectivity index (χ0n) is 11.5. The van der Waals surface area contributed by atoms with E-state index >= 15 is 0 Å². The predicted octanol–water partition coefficient (Wildman–Crippen LogP) is 2.17. The minimum absolute atomic E-state index is 0.323. The normalized spacial score (nSPS) is 10.5. The molecule has 0 amide bonds. The Morgan fingerprint density at radius 1 is 1.30 bits per heavy atom. The number of methoxy groups -OCH3 is 2. The van der Waals surface area contributed by atoms with E-state index in [1.54, 1.807) is 14.2 Å². The third-order valence-corrected chi connectivity index (χ3v) is 3.08. The lowest BCUT2D eigenvalue weighted by Gasteiger charge is -2.09. The molecular formula is C13H17N3O3S. The summed E-state index contributed by atoms with van der Waals surface area (Å²) in [5, 5.41) is 6.92. The van der Waals surface area contributed by atoms with E-state index in [0.29, 0.717) is 24.5 Å². The van der Waals surface area contributed by atoms with Crippen LogP contribution in [0.15, 0.2) is 24.3 Å². The van der Waals surface area contributed by atoms with Gasteiger partial charge in [0.05, 0.1) is 20.3 Å². The van der Waals surface area contributed by atoms with E-state index < -0.39 is 0 Å². The number of hydrogen-bond acceptors (Lipinski definition) is 5. The maximum absolute atomic E-state index is 5.70. The Labute approximate surface area is 122 Å². The van der Waals surface area contributed by atoms with E-state index in [9.17, 15) is 0 Å². The van der Waals surface area contributed by atoms with Crippen molar-refractivity contribution in [1.29, 1.82) is 0 Å². The fraction of sp³-hybridized carbons (Fsp3) is 0.385. The molecule has 0 bridgehead atoms. The van der Waals surface area contributed by atoms with Gasteiger partial charge in [-0.25, -0.2) is 0 Å². The van der Waals surface area contributed by atoms with Gasteiger partial charge in [-0.3, -0.25) is 9.67 Å². The molecule has 1 aromatic carbocycles. The number of ether oxygens (including phenoxy) is 3. The molecule has 0 aliphatic carbocycles. The van der Waals surface area contributed by atoms with Gasteiger partial charge in [-0.05, 0) is 24.4 Å². The number of rotatable bonds is 7. The van der Waals surface area contributed by atoms with Crippen LogP contribution in [-0.4, -0.2) is 35.6 Å². The van der Waals surface area contributed by atoms with Crippen molar-refractivity contribution in [3.63, 3.8) is 0 Å². The van der Waals surface area contributed by atoms with Crippen molar-refractivity contribution in [2.45, 2.75) is 13.2 Å². The van der Waals surface area contributed by atoms with Gasteiger partial charge < -0.3 is 14.2 Å². The Morgan fingerprint density at radius 3 is 2.85 bits per heavy atom. The van der Waals surface area contributed by atoms with Crippen molar-refractivity contribution in [2.75, 3.05) is 20.8 Å². The van der Waals surface area contributed by atoms with Crippen LogP contribution in [0.3, 0.4) is 0 Å². The van der Waals surface area contributed by atoms with Crippen LogP contribution in [0.5, 0.6) is 11.5 Å². The van der Waals surface area contributed by atoms with E-state index in [4.69, 9.17) is 26.4 Å². The van der Waals surface area contributed by atoms with Gasteiger partial charge in [-0.2, -0.15) is 5.10 Å². The monoisotopic (exact) mass is 295 g/mol. The zero-order chi connectivity index (χ0) is 14.4. The second-order valence-corrected chi connectivity index (χ2v) is 4.44. The van der Waals surface area contributed by atoms with Crippen LogP contribution < -0.4 is 9.47 Å². The van der Waals surface area contributed by atoms with Gasteiger partial charge in [0.15, 0.2) is 10.6 Å². The molecule has 7 heteroatoms. The molecular weight excluding hydrogens is 278 g/mol. The van der Waals surface area contributed by atoms with Gasteiger partial charge in [0, 0.05) is 13.2 Å². The molecule has 1 aromatic heterocycles. The summed E-state index contributed by atoms with van der Waals surface area (Å²) in [6.45, 7) is 1.53. The molecule has 0 atom stereocenters. The van der Waals surface area contributed by atoms with Gasteiger partial charge in [0.2, 0.25) is 0 Å². The summed E-state index contributed by atoms with van der Waals surface area (Å²) in [5.74, 6) is 2.20. The largest absolute Gasteiger partial charge is 0.497 e. The number of H-pyrrole nitrogens is 1. The van der Waals surface area contributed by atoms with Gasteiger partial charge in [-0.15, -0.1) is 0 Å². The van der Waals surface area contributed by atoms with Crippen molar-refractivity contribution < 1.29 is 14.2 Å². The number of nitrogens with zero attached hydrogens (tertiary/aromatic N) is 2. The van der Waals surface area contributed by atoms with Crippen LogP contribution in [0.2, 0.25) is 0 Å². The van der Waals surface area contributed by atoms with Crippen LogP contribution in [0.4, 0.5) is 0 Å². The van der Waals surface area contributed by atoms with Crippen LogP contribution in [0.1, 0.15) is 5.82 Å². The minimum atomic E-state index is 0.323. The van der Waals surface area contributed by atoms with E-state index in [-0.39, 0.29) is 0 Å². The summed E-state index contributed by atoms with van der Waals surface area (Å²) < 4.78 is 18.3. The third kappa shape index (κ3) is 3.58. The van der Waals surface area contributed by atoms with Crippen LogP contribution in [-0.2, 0) is 17.9 Å². The van der Waals surface area contributed by atoms with Crippen molar-refractivity contribution >= 4 is 12.2 Å². The van der Waals surface area contributed by atoms with E-state index in [1.807, 2.05) is 28.8 Å². The molecule has 0 unspecified atom stereocenters. The van der Waals surface area contributed by atoms with E-state index in [1.165, 1.54) is 0 Å². The molecule has 0 radical (unpaired) electrons. The number of aromatic nitrogens is 3. The Kier molecular flexibility index (Phi) is 5.14. The van der Waals surface area contributed by atoms with Crippen molar-refractivity contribution in [2.24, 2.45) is 0 Å². The molecule has 0 aliphatic rings. The number of hydrogen-bond donors (Lipinski definition) is 1.